The van der Waals surface area contributed by atoms with Crippen LogP contribution in [0, 0.1) is 0 Å². The molecular weight excluding hydrogens is 208 g/mol. The average Bonchev–Trinajstić information content (AvgIpc) is 2.08. The number of rotatable bonds is 2. The highest BCUT2D eigenvalue weighted by molar-refractivity contribution is 6.65. The number of β-lactam (4-membered cyclic amide) rings is 1. The molecule has 2 atom stereocenters. The molecule has 0 aromatic carbocycles. The molecule has 5 heteroatoms. The largest absolute Gasteiger partial charge is 0.394 e. The highest BCUT2D eigenvalue weighted by Crippen LogP contribution is 2.36. The number of carbonyl (C=O) groups is 1. The highest BCUT2D eigenvalue weighted by Gasteiger charge is 2.62. The molecule has 1 saturated heterocycles. The fourth-order valence-electron chi connectivity index (χ4n) is 2.28. The number of amides is 1. The maximum Gasteiger partial charge on any atom is 0.242 e. The molecule has 0 bridgehead atoms. The van der Waals surface area contributed by atoms with Gasteiger partial charge in [-0.2, -0.15) is 0 Å². The Hall–Kier alpha value is -0.393. The molecule has 1 aliphatic heterocycles. The lowest BCUT2D eigenvalue weighted by Gasteiger charge is -2.60. The van der Waals surface area contributed by atoms with Gasteiger partial charge in [0.15, 0.2) is 0 Å². The van der Waals surface area contributed by atoms with E-state index >= 15 is 0 Å². The van der Waals surface area contributed by atoms with Gasteiger partial charge >= 0.3 is 0 Å². The Morgan fingerprint density at radius 1 is 1.53 bits per heavy atom. The number of aliphatic hydroxyl groups is 1. The third-order valence-corrected chi connectivity index (χ3v) is 5.85. The van der Waals surface area contributed by atoms with Gasteiger partial charge in [-0.25, -0.2) is 0 Å². The van der Waals surface area contributed by atoms with Crippen LogP contribution in [-0.4, -0.2) is 48.1 Å². The zero-order valence-corrected chi connectivity index (χ0v) is 11.4. The van der Waals surface area contributed by atoms with Crippen molar-refractivity contribution >= 4 is 14.7 Å². The number of likely N-dealkylation sites (tertiary alicyclic amines) is 1. The van der Waals surface area contributed by atoms with Crippen LogP contribution in [-0.2, 0) is 4.79 Å². The van der Waals surface area contributed by atoms with E-state index in [1.807, 2.05) is 20.8 Å². The Kier molecular flexibility index (Phi) is 3.02. The van der Waals surface area contributed by atoms with Gasteiger partial charge in [0, 0.05) is 5.54 Å². The molecule has 88 valence electrons. The molecular formula is C10H22N2O2Si. The first-order valence-corrected chi connectivity index (χ1v) is 8.29. The quantitative estimate of drug-likeness (QED) is 0.506. The number of nitrogens with two attached hydrogens (primary N) is 1. The molecule has 1 fully saturated rings. The van der Waals surface area contributed by atoms with E-state index in [9.17, 15) is 9.90 Å². The summed E-state index contributed by atoms with van der Waals surface area (Å²) in [5, 5.41) is 8.62. The average molecular weight is 230 g/mol. The molecule has 2 unspecified atom stereocenters. The molecule has 4 nitrogen and oxygen atoms in total. The van der Waals surface area contributed by atoms with Crippen LogP contribution in [0.15, 0.2) is 0 Å². The van der Waals surface area contributed by atoms with Crippen molar-refractivity contribution in [3.8, 4) is 0 Å². The molecule has 15 heavy (non-hydrogen) atoms. The summed E-state index contributed by atoms with van der Waals surface area (Å²) in [6.07, 6.45) is 0. The van der Waals surface area contributed by atoms with Crippen molar-refractivity contribution in [2.75, 3.05) is 6.61 Å². The van der Waals surface area contributed by atoms with Gasteiger partial charge in [0.05, 0.1) is 21.4 Å². The van der Waals surface area contributed by atoms with Crippen LogP contribution in [0.2, 0.25) is 13.1 Å². The first kappa shape index (κ1) is 12.7. The van der Waals surface area contributed by atoms with Gasteiger partial charge < -0.3 is 15.7 Å². The second-order valence-electron chi connectivity index (χ2n) is 5.63. The van der Waals surface area contributed by atoms with Crippen LogP contribution in [0.4, 0.5) is 0 Å². The molecule has 0 spiro atoms. The summed E-state index contributed by atoms with van der Waals surface area (Å²) in [4.78, 5) is 13.8. The fraction of sp³-hybridized carbons (Fsp3) is 0.900. The summed E-state index contributed by atoms with van der Waals surface area (Å²) >= 11 is 0. The summed E-state index contributed by atoms with van der Waals surface area (Å²) in [7, 11) is -1.31. The molecule has 1 aliphatic rings. The van der Waals surface area contributed by atoms with E-state index in [1.54, 1.807) is 4.90 Å². The van der Waals surface area contributed by atoms with Crippen LogP contribution < -0.4 is 5.73 Å². The molecule has 1 heterocycles. The zero-order valence-electron chi connectivity index (χ0n) is 10.2. The maximum atomic E-state index is 12.1. The van der Waals surface area contributed by atoms with Crippen molar-refractivity contribution in [1.82, 2.24) is 4.90 Å². The standard InChI is InChI=1S/C10H22N2O2Si/c1-9(2,3)12-7(6-13)10(11,8(12)14)15(4)5/h7,13,15H,6,11H2,1-5H3. The Labute approximate surface area is 93.1 Å². The second kappa shape index (κ2) is 3.57. The number of nitrogens with zero attached hydrogens (tertiary/aromatic N) is 1. The molecule has 0 saturated carbocycles. The van der Waals surface area contributed by atoms with Gasteiger partial charge in [-0.3, -0.25) is 4.79 Å². The Bertz CT molecular complexity index is 275. The molecule has 0 radical (unpaired) electrons. The topological polar surface area (TPSA) is 66.6 Å². The van der Waals surface area contributed by atoms with Gasteiger partial charge in [0.1, 0.15) is 5.16 Å². The van der Waals surface area contributed by atoms with Crippen LogP contribution in [0.5, 0.6) is 0 Å². The third kappa shape index (κ3) is 1.62. The third-order valence-electron chi connectivity index (χ3n) is 3.30. The summed E-state index contributed by atoms with van der Waals surface area (Å²) in [5.41, 5.74) is 5.89. The summed E-state index contributed by atoms with van der Waals surface area (Å²) in [6, 6.07) is -0.198. The summed E-state index contributed by atoms with van der Waals surface area (Å²) < 4.78 is 0. The van der Waals surface area contributed by atoms with Gasteiger partial charge in [-0.1, -0.05) is 13.1 Å². The second-order valence-corrected chi connectivity index (χ2v) is 8.90. The monoisotopic (exact) mass is 230 g/mol. The van der Waals surface area contributed by atoms with E-state index < -0.39 is 14.0 Å². The lowest BCUT2D eigenvalue weighted by Crippen LogP contribution is -2.86. The SMILES string of the molecule is C[SiH](C)C1(N)C(=O)N(C(C)(C)C)C1CO. The maximum absolute atomic E-state index is 12.1. The van der Waals surface area contributed by atoms with Crippen molar-refractivity contribution in [3.05, 3.63) is 0 Å². The minimum absolute atomic E-state index is 0.00992. The van der Waals surface area contributed by atoms with Crippen LogP contribution in [0.3, 0.4) is 0 Å². The van der Waals surface area contributed by atoms with Gasteiger partial charge in [0.2, 0.25) is 5.91 Å². The van der Waals surface area contributed by atoms with Crippen molar-refractivity contribution in [1.29, 1.82) is 0 Å². The number of carbonyl (C=O) groups excluding carboxylic acids is 1. The predicted molar refractivity (Wildman–Crippen MR) is 63.3 cm³/mol. The van der Waals surface area contributed by atoms with Gasteiger partial charge in [-0.15, -0.1) is 0 Å². The van der Waals surface area contributed by atoms with E-state index in [-0.39, 0.29) is 24.1 Å². The molecule has 0 aromatic heterocycles. The lowest BCUT2D eigenvalue weighted by atomic mass is 9.88. The van der Waals surface area contributed by atoms with E-state index in [1.165, 1.54) is 0 Å². The molecule has 0 aromatic rings. The van der Waals surface area contributed by atoms with Crippen LogP contribution in [0.25, 0.3) is 0 Å². The smallest absolute Gasteiger partial charge is 0.242 e. The van der Waals surface area contributed by atoms with E-state index in [2.05, 4.69) is 13.1 Å². The highest BCUT2D eigenvalue weighted by atomic mass is 28.3. The summed E-state index contributed by atoms with van der Waals surface area (Å²) in [5.74, 6) is 0.00992. The van der Waals surface area contributed by atoms with E-state index in [0.29, 0.717) is 0 Å². The van der Waals surface area contributed by atoms with Crippen molar-refractivity contribution in [2.24, 2.45) is 5.73 Å². The Balaban J connectivity index is 2.99. The lowest BCUT2D eigenvalue weighted by molar-refractivity contribution is -0.165. The summed E-state index contributed by atoms with van der Waals surface area (Å²) in [6.45, 7) is 9.98. The number of aliphatic hydroxyl groups excluding tert-OH is 1. The normalized spacial score (nSPS) is 32.1. The Morgan fingerprint density at radius 2 is 2.00 bits per heavy atom. The zero-order chi connectivity index (χ0) is 12.0. The molecule has 3 N–H and O–H groups in total. The fourth-order valence-corrected chi connectivity index (χ4v) is 3.93. The van der Waals surface area contributed by atoms with E-state index in [4.69, 9.17) is 5.73 Å². The number of hydrogen-bond acceptors (Lipinski definition) is 3. The van der Waals surface area contributed by atoms with Crippen molar-refractivity contribution < 1.29 is 9.90 Å². The van der Waals surface area contributed by atoms with Gasteiger partial charge in [-0.05, 0) is 20.8 Å². The Morgan fingerprint density at radius 3 is 2.27 bits per heavy atom. The minimum Gasteiger partial charge on any atom is -0.394 e. The van der Waals surface area contributed by atoms with Gasteiger partial charge in [0.25, 0.3) is 0 Å². The molecule has 0 aliphatic carbocycles. The number of hydrogen-bond donors (Lipinski definition) is 2. The first-order valence-electron chi connectivity index (χ1n) is 5.40. The first-order chi connectivity index (χ1) is 6.67. The van der Waals surface area contributed by atoms with E-state index in [0.717, 1.165) is 0 Å². The molecule has 1 rings (SSSR count). The van der Waals surface area contributed by atoms with Crippen LogP contribution >= 0.6 is 0 Å². The predicted octanol–water partition coefficient (Wildman–Crippen LogP) is -0.289. The van der Waals surface area contributed by atoms with Crippen molar-refractivity contribution in [3.63, 3.8) is 0 Å². The van der Waals surface area contributed by atoms with Crippen molar-refractivity contribution in [2.45, 2.75) is 50.6 Å². The minimum atomic E-state index is -1.31. The molecule has 1 amide bonds. The van der Waals surface area contributed by atoms with Crippen LogP contribution in [0.1, 0.15) is 20.8 Å².